The molecule has 2 heteroatoms. The highest BCUT2D eigenvalue weighted by Crippen LogP contribution is 2.44. The zero-order valence-electron chi connectivity index (χ0n) is 10.2. The normalized spacial score (nSPS) is 23.4. The molecule has 1 unspecified atom stereocenters. The van der Waals surface area contributed by atoms with Gasteiger partial charge in [-0.2, -0.15) is 11.8 Å². The number of hydrogen-bond donors (Lipinski definition) is 1. The summed E-state index contributed by atoms with van der Waals surface area (Å²) in [6.45, 7) is 5.85. The van der Waals surface area contributed by atoms with Crippen molar-refractivity contribution < 1.29 is 0 Å². The molecule has 0 aromatic rings. The molecule has 1 nitrogen and oxygen atoms in total. The maximum Gasteiger partial charge on any atom is 0.0124 e. The maximum atomic E-state index is 3.80. The van der Waals surface area contributed by atoms with Crippen LogP contribution in [0.5, 0.6) is 0 Å². The molecule has 15 heavy (non-hydrogen) atoms. The Morgan fingerprint density at radius 2 is 1.80 bits per heavy atom. The summed E-state index contributed by atoms with van der Waals surface area (Å²) in [5.74, 6) is 3.39. The molecule has 2 aliphatic rings. The van der Waals surface area contributed by atoms with Gasteiger partial charge in [-0.1, -0.05) is 13.8 Å². The second-order valence-electron chi connectivity index (χ2n) is 5.24. The van der Waals surface area contributed by atoms with Gasteiger partial charge in [0.25, 0.3) is 0 Å². The van der Waals surface area contributed by atoms with Crippen LogP contribution in [0.15, 0.2) is 0 Å². The summed E-state index contributed by atoms with van der Waals surface area (Å²) < 4.78 is 0. The average molecular weight is 227 g/mol. The molecule has 2 rings (SSSR count). The summed E-state index contributed by atoms with van der Waals surface area (Å²) in [6.07, 6.45) is 7.28. The molecule has 0 radical (unpaired) electrons. The SMILES string of the molecule is CCC(C)SCCNC(C1CC1)C1CC1. The molecule has 0 spiro atoms. The van der Waals surface area contributed by atoms with Crippen LogP contribution < -0.4 is 5.32 Å². The molecule has 2 fully saturated rings. The molecule has 1 N–H and O–H groups in total. The third kappa shape index (κ3) is 3.99. The highest BCUT2D eigenvalue weighted by Gasteiger charge is 2.40. The molecular weight excluding hydrogens is 202 g/mol. The smallest absolute Gasteiger partial charge is 0.0124 e. The molecule has 0 aromatic heterocycles. The van der Waals surface area contributed by atoms with E-state index in [9.17, 15) is 0 Å². The first kappa shape index (κ1) is 11.8. The van der Waals surface area contributed by atoms with E-state index in [0.29, 0.717) is 0 Å². The van der Waals surface area contributed by atoms with Crippen LogP contribution in [0.25, 0.3) is 0 Å². The maximum absolute atomic E-state index is 3.80. The molecule has 0 bridgehead atoms. The minimum Gasteiger partial charge on any atom is -0.313 e. The van der Waals surface area contributed by atoms with E-state index in [1.807, 2.05) is 0 Å². The van der Waals surface area contributed by atoms with Crippen molar-refractivity contribution in [3.8, 4) is 0 Å². The summed E-state index contributed by atoms with van der Waals surface area (Å²) in [7, 11) is 0. The predicted molar refractivity (Wildman–Crippen MR) is 69.4 cm³/mol. The van der Waals surface area contributed by atoms with Gasteiger partial charge in [0.2, 0.25) is 0 Å². The van der Waals surface area contributed by atoms with E-state index in [2.05, 4.69) is 30.9 Å². The second-order valence-corrected chi connectivity index (χ2v) is 6.79. The van der Waals surface area contributed by atoms with E-state index in [1.54, 1.807) is 0 Å². The molecule has 0 heterocycles. The Labute approximate surface area is 98.8 Å². The average Bonchev–Trinajstić information content (AvgIpc) is 3.09. The van der Waals surface area contributed by atoms with Gasteiger partial charge in [-0.25, -0.2) is 0 Å². The molecule has 0 aromatic carbocycles. The van der Waals surface area contributed by atoms with Crippen molar-refractivity contribution in [1.29, 1.82) is 0 Å². The van der Waals surface area contributed by atoms with Crippen LogP contribution in [0, 0.1) is 11.8 Å². The highest BCUT2D eigenvalue weighted by atomic mass is 32.2. The Hall–Kier alpha value is 0.310. The van der Waals surface area contributed by atoms with Gasteiger partial charge in [0, 0.05) is 23.6 Å². The quantitative estimate of drug-likeness (QED) is 0.639. The Kier molecular flexibility index (Phi) is 4.39. The third-order valence-electron chi connectivity index (χ3n) is 3.72. The minimum atomic E-state index is 0.840. The Morgan fingerprint density at radius 1 is 1.20 bits per heavy atom. The van der Waals surface area contributed by atoms with E-state index in [1.165, 1.54) is 44.4 Å². The van der Waals surface area contributed by atoms with Gasteiger partial charge < -0.3 is 5.32 Å². The van der Waals surface area contributed by atoms with Crippen LogP contribution in [0.1, 0.15) is 46.0 Å². The summed E-state index contributed by atoms with van der Waals surface area (Å²) in [5.41, 5.74) is 0. The van der Waals surface area contributed by atoms with Crippen molar-refractivity contribution in [3.63, 3.8) is 0 Å². The van der Waals surface area contributed by atoms with Gasteiger partial charge in [-0.05, 0) is 43.9 Å². The first-order valence-corrected chi connectivity index (χ1v) is 7.71. The van der Waals surface area contributed by atoms with Crippen molar-refractivity contribution in [1.82, 2.24) is 5.32 Å². The Balaban J connectivity index is 1.55. The van der Waals surface area contributed by atoms with Gasteiger partial charge in [0.1, 0.15) is 0 Å². The largest absolute Gasteiger partial charge is 0.313 e. The van der Waals surface area contributed by atoms with E-state index in [4.69, 9.17) is 0 Å². The lowest BCUT2D eigenvalue weighted by Crippen LogP contribution is -2.34. The lowest BCUT2D eigenvalue weighted by Gasteiger charge is -2.18. The molecule has 0 aliphatic heterocycles. The second kappa shape index (κ2) is 5.58. The third-order valence-corrected chi connectivity index (χ3v) is 5.06. The summed E-state index contributed by atoms with van der Waals surface area (Å²) in [5, 5.41) is 4.64. The molecule has 0 amide bonds. The van der Waals surface area contributed by atoms with Crippen LogP contribution in [-0.4, -0.2) is 23.6 Å². The number of nitrogens with one attached hydrogen (secondary N) is 1. The van der Waals surface area contributed by atoms with E-state index < -0.39 is 0 Å². The van der Waals surface area contributed by atoms with Crippen LogP contribution in [-0.2, 0) is 0 Å². The van der Waals surface area contributed by atoms with E-state index >= 15 is 0 Å². The van der Waals surface area contributed by atoms with Crippen molar-refractivity contribution in [2.24, 2.45) is 11.8 Å². The van der Waals surface area contributed by atoms with Crippen LogP contribution in [0.2, 0.25) is 0 Å². The Morgan fingerprint density at radius 3 is 2.27 bits per heavy atom. The molecular formula is C13H25NS. The first-order chi connectivity index (χ1) is 7.31. The molecule has 88 valence electrons. The Bertz CT molecular complexity index is 175. The van der Waals surface area contributed by atoms with E-state index in [0.717, 1.165) is 23.1 Å². The first-order valence-electron chi connectivity index (χ1n) is 6.66. The van der Waals surface area contributed by atoms with Gasteiger partial charge in [-0.3, -0.25) is 0 Å². The molecule has 2 aliphatic carbocycles. The lowest BCUT2D eigenvalue weighted by molar-refractivity contribution is 0.429. The van der Waals surface area contributed by atoms with E-state index in [-0.39, 0.29) is 0 Å². The summed E-state index contributed by atoms with van der Waals surface area (Å²) >= 11 is 2.12. The highest BCUT2D eigenvalue weighted by molar-refractivity contribution is 7.99. The van der Waals surface area contributed by atoms with Crippen LogP contribution in [0.3, 0.4) is 0 Å². The monoisotopic (exact) mass is 227 g/mol. The van der Waals surface area contributed by atoms with Crippen LogP contribution >= 0.6 is 11.8 Å². The topological polar surface area (TPSA) is 12.0 Å². The number of thioether (sulfide) groups is 1. The summed E-state index contributed by atoms with van der Waals surface area (Å²) in [6, 6.07) is 0.891. The van der Waals surface area contributed by atoms with Gasteiger partial charge in [0.05, 0.1) is 0 Å². The van der Waals surface area contributed by atoms with Crippen molar-refractivity contribution in [2.75, 3.05) is 12.3 Å². The van der Waals surface area contributed by atoms with Crippen molar-refractivity contribution in [3.05, 3.63) is 0 Å². The molecule has 0 saturated heterocycles. The van der Waals surface area contributed by atoms with Crippen molar-refractivity contribution >= 4 is 11.8 Å². The van der Waals surface area contributed by atoms with Gasteiger partial charge in [-0.15, -0.1) is 0 Å². The van der Waals surface area contributed by atoms with Gasteiger partial charge in [0.15, 0.2) is 0 Å². The fraction of sp³-hybridized carbons (Fsp3) is 1.00. The lowest BCUT2D eigenvalue weighted by atomic mass is 10.1. The number of hydrogen-bond acceptors (Lipinski definition) is 2. The zero-order valence-corrected chi connectivity index (χ0v) is 11.0. The molecule has 2 saturated carbocycles. The van der Waals surface area contributed by atoms with Crippen molar-refractivity contribution in [2.45, 2.75) is 57.2 Å². The predicted octanol–water partition coefficient (Wildman–Crippen LogP) is 3.30. The fourth-order valence-corrected chi connectivity index (χ4v) is 3.11. The summed E-state index contributed by atoms with van der Waals surface area (Å²) in [4.78, 5) is 0. The molecule has 1 atom stereocenters. The fourth-order valence-electron chi connectivity index (χ4n) is 2.23. The zero-order chi connectivity index (χ0) is 10.7. The van der Waals surface area contributed by atoms with Gasteiger partial charge >= 0.3 is 0 Å². The minimum absolute atomic E-state index is 0.840. The standard InChI is InChI=1S/C13H25NS/c1-3-10(2)15-9-8-14-13(11-4-5-11)12-6-7-12/h10-14H,3-9H2,1-2H3. The van der Waals surface area contributed by atoms with Crippen LogP contribution in [0.4, 0.5) is 0 Å². The number of rotatable bonds is 8.